The first-order chi connectivity index (χ1) is 10.2. The molecule has 0 radical (unpaired) electrons. The largest absolute Gasteiger partial charge is 0.497 e. The SMILES string of the molecule is COCCc1c(C(=O)O)nnn1Cc1ccc(OC)cc1. The minimum atomic E-state index is -1.08. The number of rotatable bonds is 7. The van der Waals surface area contributed by atoms with Crippen LogP contribution in [0.2, 0.25) is 0 Å². The summed E-state index contributed by atoms with van der Waals surface area (Å²) in [5.41, 5.74) is 1.51. The van der Waals surface area contributed by atoms with Gasteiger partial charge in [0.15, 0.2) is 5.69 Å². The molecule has 1 heterocycles. The van der Waals surface area contributed by atoms with E-state index in [2.05, 4.69) is 10.3 Å². The number of benzene rings is 1. The molecule has 1 aromatic heterocycles. The smallest absolute Gasteiger partial charge is 0.358 e. The van der Waals surface area contributed by atoms with Gasteiger partial charge in [-0.1, -0.05) is 17.3 Å². The highest BCUT2D eigenvalue weighted by Crippen LogP contribution is 2.14. The van der Waals surface area contributed by atoms with Crippen LogP contribution in [0.15, 0.2) is 24.3 Å². The Bertz CT molecular complexity index is 607. The molecule has 0 atom stereocenters. The van der Waals surface area contributed by atoms with Crippen LogP contribution in [0.1, 0.15) is 21.7 Å². The predicted octanol–water partition coefficient (Wildman–Crippen LogP) is 1.22. The quantitative estimate of drug-likeness (QED) is 0.825. The first kappa shape index (κ1) is 15.0. The summed E-state index contributed by atoms with van der Waals surface area (Å²) in [6.07, 6.45) is 0.446. The Morgan fingerprint density at radius 2 is 2.00 bits per heavy atom. The Labute approximate surface area is 122 Å². The number of hydrogen-bond acceptors (Lipinski definition) is 5. The van der Waals surface area contributed by atoms with Crippen LogP contribution in [0.3, 0.4) is 0 Å². The number of aromatic carboxylic acids is 1. The molecular formula is C14H17N3O4. The van der Waals surface area contributed by atoms with Crippen molar-refractivity contribution in [1.29, 1.82) is 0 Å². The second-order valence-electron chi connectivity index (χ2n) is 4.44. The molecule has 7 nitrogen and oxygen atoms in total. The van der Waals surface area contributed by atoms with Crippen LogP contribution in [0, 0.1) is 0 Å². The molecule has 0 amide bonds. The maximum absolute atomic E-state index is 11.2. The van der Waals surface area contributed by atoms with Gasteiger partial charge in [-0.3, -0.25) is 0 Å². The standard InChI is InChI=1S/C14H17N3O4/c1-20-8-7-12-13(14(18)19)15-16-17(12)9-10-3-5-11(21-2)6-4-10/h3-6H,7-9H2,1-2H3,(H,18,19). The van der Waals surface area contributed by atoms with Gasteiger partial charge >= 0.3 is 5.97 Å². The van der Waals surface area contributed by atoms with E-state index in [0.717, 1.165) is 11.3 Å². The van der Waals surface area contributed by atoms with Gasteiger partial charge in [-0.15, -0.1) is 5.10 Å². The van der Waals surface area contributed by atoms with E-state index >= 15 is 0 Å². The van der Waals surface area contributed by atoms with E-state index in [0.29, 0.717) is 25.3 Å². The molecule has 0 aliphatic carbocycles. The maximum Gasteiger partial charge on any atom is 0.358 e. The van der Waals surface area contributed by atoms with Crippen LogP contribution in [-0.2, 0) is 17.7 Å². The summed E-state index contributed by atoms with van der Waals surface area (Å²) in [4.78, 5) is 11.2. The molecule has 2 aromatic rings. The van der Waals surface area contributed by atoms with Gasteiger partial charge in [-0.2, -0.15) is 0 Å². The number of ether oxygens (including phenoxy) is 2. The maximum atomic E-state index is 11.2. The van der Waals surface area contributed by atoms with Gasteiger partial charge in [-0.05, 0) is 17.7 Å². The monoisotopic (exact) mass is 291 g/mol. The van der Waals surface area contributed by atoms with Crippen LogP contribution in [0.4, 0.5) is 0 Å². The molecule has 0 aliphatic heterocycles. The zero-order valence-electron chi connectivity index (χ0n) is 11.9. The minimum absolute atomic E-state index is 0.0273. The van der Waals surface area contributed by atoms with E-state index in [1.807, 2.05) is 24.3 Å². The van der Waals surface area contributed by atoms with Gasteiger partial charge < -0.3 is 14.6 Å². The predicted molar refractivity (Wildman–Crippen MR) is 74.7 cm³/mol. The molecule has 1 N–H and O–H groups in total. The van der Waals surface area contributed by atoms with E-state index in [1.54, 1.807) is 18.9 Å². The van der Waals surface area contributed by atoms with Crippen molar-refractivity contribution in [3.05, 3.63) is 41.2 Å². The average Bonchev–Trinajstić information content (AvgIpc) is 2.89. The zero-order valence-corrected chi connectivity index (χ0v) is 11.9. The first-order valence-corrected chi connectivity index (χ1v) is 6.43. The van der Waals surface area contributed by atoms with E-state index in [4.69, 9.17) is 14.6 Å². The molecule has 0 saturated carbocycles. The summed E-state index contributed by atoms with van der Waals surface area (Å²) in [5.74, 6) is -0.315. The Kier molecular flexibility index (Phi) is 4.89. The van der Waals surface area contributed by atoms with Crippen molar-refractivity contribution in [2.45, 2.75) is 13.0 Å². The van der Waals surface area contributed by atoms with Gasteiger partial charge in [0.25, 0.3) is 0 Å². The second kappa shape index (κ2) is 6.85. The van der Waals surface area contributed by atoms with Crippen LogP contribution < -0.4 is 4.74 Å². The number of carbonyl (C=O) groups is 1. The van der Waals surface area contributed by atoms with Crippen LogP contribution >= 0.6 is 0 Å². The number of nitrogens with zero attached hydrogens (tertiary/aromatic N) is 3. The molecule has 0 fully saturated rings. The summed E-state index contributed by atoms with van der Waals surface area (Å²) in [5, 5.41) is 16.8. The third-order valence-electron chi connectivity index (χ3n) is 3.07. The van der Waals surface area contributed by atoms with Gasteiger partial charge in [-0.25, -0.2) is 9.48 Å². The lowest BCUT2D eigenvalue weighted by molar-refractivity contribution is 0.0688. The van der Waals surface area contributed by atoms with E-state index in [-0.39, 0.29) is 5.69 Å². The molecule has 2 rings (SSSR count). The highest BCUT2D eigenvalue weighted by atomic mass is 16.5. The van der Waals surface area contributed by atoms with Crippen molar-refractivity contribution in [3.63, 3.8) is 0 Å². The highest BCUT2D eigenvalue weighted by Gasteiger charge is 2.18. The van der Waals surface area contributed by atoms with Crippen molar-refractivity contribution in [2.24, 2.45) is 0 Å². The van der Waals surface area contributed by atoms with Gasteiger partial charge in [0, 0.05) is 13.5 Å². The van der Waals surface area contributed by atoms with Crippen molar-refractivity contribution in [2.75, 3.05) is 20.8 Å². The topological polar surface area (TPSA) is 86.5 Å². The first-order valence-electron chi connectivity index (χ1n) is 6.43. The molecule has 21 heavy (non-hydrogen) atoms. The Balaban J connectivity index is 2.23. The summed E-state index contributed by atoms with van der Waals surface area (Å²) in [6, 6.07) is 7.50. The molecular weight excluding hydrogens is 274 g/mol. The summed E-state index contributed by atoms with van der Waals surface area (Å²) in [6.45, 7) is 0.861. The van der Waals surface area contributed by atoms with Crippen LogP contribution in [0.25, 0.3) is 0 Å². The van der Waals surface area contributed by atoms with Crippen LogP contribution in [0.5, 0.6) is 5.75 Å². The van der Waals surface area contributed by atoms with Crippen molar-refractivity contribution >= 4 is 5.97 Å². The number of aromatic nitrogens is 3. The van der Waals surface area contributed by atoms with Gasteiger partial charge in [0.05, 0.1) is 26.0 Å². The number of hydrogen-bond donors (Lipinski definition) is 1. The number of carboxylic acids is 1. The zero-order chi connectivity index (χ0) is 15.2. The Morgan fingerprint density at radius 1 is 1.29 bits per heavy atom. The van der Waals surface area contributed by atoms with Crippen molar-refractivity contribution in [1.82, 2.24) is 15.0 Å². The molecule has 0 aliphatic rings. The lowest BCUT2D eigenvalue weighted by atomic mass is 10.2. The average molecular weight is 291 g/mol. The summed E-state index contributed by atoms with van der Waals surface area (Å²) >= 11 is 0. The van der Waals surface area contributed by atoms with E-state index in [9.17, 15) is 4.79 Å². The number of carboxylic acid groups (broad SMARTS) is 1. The van der Waals surface area contributed by atoms with E-state index < -0.39 is 5.97 Å². The third kappa shape index (κ3) is 3.57. The fraction of sp³-hybridized carbons (Fsp3) is 0.357. The molecule has 7 heteroatoms. The van der Waals surface area contributed by atoms with E-state index in [1.165, 1.54) is 0 Å². The Hall–Kier alpha value is -2.41. The lowest BCUT2D eigenvalue weighted by Crippen LogP contribution is -2.11. The van der Waals surface area contributed by atoms with Gasteiger partial charge in [0.1, 0.15) is 5.75 Å². The molecule has 1 aromatic carbocycles. The fourth-order valence-corrected chi connectivity index (χ4v) is 1.98. The summed E-state index contributed by atoms with van der Waals surface area (Å²) < 4.78 is 11.7. The van der Waals surface area contributed by atoms with Crippen molar-refractivity contribution < 1.29 is 19.4 Å². The molecule has 0 unspecified atom stereocenters. The Morgan fingerprint density at radius 3 is 2.57 bits per heavy atom. The van der Waals surface area contributed by atoms with Crippen LogP contribution in [-0.4, -0.2) is 46.9 Å². The minimum Gasteiger partial charge on any atom is -0.497 e. The second-order valence-corrected chi connectivity index (χ2v) is 4.44. The molecule has 0 spiro atoms. The van der Waals surface area contributed by atoms with Crippen molar-refractivity contribution in [3.8, 4) is 5.75 Å². The number of methoxy groups -OCH3 is 2. The molecule has 0 saturated heterocycles. The summed E-state index contributed by atoms with van der Waals surface area (Å²) in [7, 11) is 3.17. The lowest BCUT2D eigenvalue weighted by Gasteiger charge is -2.07. The highest BCUT2D eigenvalue weighted by molar-refractivity contribution is 5.86. The van der Waals surface area contributed by atoms with Gasteiger partial charge in [0.2, 0.25) is 0 Å². The normalized spacial score (nSPS) is 10.6. The molecule has 112 valence electrons. The molecule has 0 bridgehead atoms. The third-order valence-corrected chi connectivity index (χ3v) is 3.07. The fourth-order valence-electron chi connectivity index (χ4n) is 1.98.